The molecule has 92 valence electrons. The molecule has 0 bridgehead atoms. The molecule has 3 heteroatoms. The van der Waals surface area contributed by atoms with E-state index in [1.807, 2.05) is 6.92 Å². The van der Waals surface area contributed by atoms with Gasteiger partial charge in [0.05, 0.1) is 5.60 Å². The Hall–Kier alpha value is -0.120. The van der Waals surface area contributed by atoms with E-state index in [9.17, 15) is 5.11 Å². The number of rotatable bonds is 8. The molecule has 0 aliphatic rings. The van der Waals surface area contributed by atoms with Gasteiger partial charge in [0.1, 0.15) is 0 Å². The average molecular weight is 218 g/mol. The monoisotopic (exact) mass is 218 g/mol. The number of hydrogen-bond donors (Lipinski definition) is 1. The molecule has 0 radical (unpaired) electrons. The third kappa shape index (κ3) is 7.77. The molecule has 0 aromatic heterocycles. The topological polar surface area (TPSA) is 38.7 Å². The standard InChI is InChI=1S/C12H26O3/c1-6-8-14-12(5,15-9-7-2)10-11(3,4)13/h13H,6-10H2,1-5H3. The summed E-state index contributed by atoms with van der Waals surface area (Å²) in [5.74, 6) is -0.662. The molecule has 3 nitrogen and oxygen atoms in total. The molecule has 0 saturated carbocycles. The van der Waals surface area contributed by atoms with Crippen LogP contribution in [-0.2, 0) is 9.47 Å². The van der Waals surface area contributed by atoms with Crippen LogP contribution in [0.15, 0.2) is 0 Å². The molecule has 0 fully saturated rings. The van der Waals surface area contributed by atoms with Crippen molar-refractivity contribution in [2.45, 2.75) is 65.3 Å². The summed E-state index contributed by atoms with van der Waals surface area (Å²) in [6.07, 6.45) is 2.40. The molecule has 0 aliphatic carbocycles. The molecule has 0 rings (SSSR count). The lowest BCUT2D eigenvalue weighted by molar-refractivity contribution is -0.247. The summed E-state index contributed by atoms with van der Waals surface area (Å²) in [5.41, 5.74) is -0.768. The molecule has 0 atom stereocenters. The maximum absolute atomic E-state index is 9.79. The van der Waals surface area contributed by atoms with Crippen LogP contribution in [-0.4, -0.2) is 29.7 Å². The van der Waals surface area contributed by atoms with Crippen LogP contribution in [0.3, 0.4) is 0 Å². The smallest absolute Gasteiger partial charge is 0.168 e. The molecule has 1 N–H and O–H groups in total. The van der Waals surface area contributed by atoms with Crippen LogP contribution in [0.4, 0.5) is 0 Å². The zero-order chi connectivity index (χ0) is 11.9. The Bertz CT molecular complexity index is 153. The van der Waals surface area contributed by atoms with E-state index in [1.54, 1.807) is 13.8 Å². The Morgan fingerprint density at radius 3 is 1.60 bits per heavy atom. The van der Waals surface area contributed by atoms with Crippen molar-refractivity contribution < 1.29 is 14.6 Å². The van der Waals surface area contributed by atoms with Gasteiger partial charge in [0.15, 0.2) is 5.79 Å². The summed E-state index contributed by atoms with van der Waals surface area (Å²) >= 11 is 0. The van der Waals surface area contributed by atoms with Crippen molar-refractivity contribution in [3.63, 3.8) is 0 Å². The molecule has 0 heterocycles. The molecule has 0 amide bonds. The van der Waals surface area contributed by atoms with Crippen LogP contribution in [0.2, 0.25) is 0 Å². The molecule has 0 spiro atoms. The van der Waals surface area contributed by atoms with Crippen LogP contribution in [0.25, 0.3) is 0 Å². The largest absolute Gasteiger partial charge is 0.390 e. The summed E-state index contributed by atoms with van der Waals surface area (Å²) in [4.78, 5) is 0. The summed E-state index contributed by atoms with van der Waals surface area (Å²) in [5, 5.41) is 9.79. The molecule has 0 saturated heterocycles. The van der Waals surface area contributed by atoms with Gasteiger partial charge in [0, 0.05) is 19.6 Å². The zero-order valence-electron chi connectivity index (χ0n) is 10.8. The van der Waals surface area contributed by atoms with Gasteiger partial charge in [-0.1, -0.05) is 13.8 Å². The summed E-state index contributed by atoms with van der Waals surface area (Å²) < 4.78 is 11.3. The Kier molecular flexibility index (Phi) is 6.41. The van der Waals surface area contributed by atoms with Crippen molar-refractivity contribution >= 4 is 0 Å². The summed E-state index contributed by atoms with van der Waals surface area (Å²) in [7, 11) is 0. The predicted octanol–water partition coefficient (Wildman–Crippen LogP) is 2.72. The highest BCUT2D eigenvalue weighted by molar-refractivity contribution is 4.76. The second-order valence-electron chi connectivity index (χ2n) is 4.82. The van der Waals surface area contributed by atoms with Crippen LogP contribution < -0.4 is 0 Å². The van der Waals surface area contributed by atoms with E-state index in [1.165, 1.54) is 0 Å². The SMILES string of the molecule is CCCOC(C)(CC(C)(C)O)OCCC. The fourth-order valence-electron chi connectivity index (χ4n) is 1.57. The van der Waals surface area contributed by atoms with E-state index >= 15 is 0 Å². The van der Waals surface area contributed by atoms with E-state index in [-0.39, 0.29) is 0 Å². The van der Waals surface area contributed by atoms with E-state index in [0.717, 1.165) is 12.8 Å². The molecule has 0 aromatic rings. The first-order valence-corrected chi connectivity index (χ1v) is 5.83. The first kappa shape index (κ1) is 14.9. The van der Waals surface area contributed by atoms with Crippen LogP contribution in [0, 0.1) is 0 Å². The summed E-state index contributed by atoms with van der Waals surface area (Å²) in [6.45, 7) is 10.9. The van der Waals surface area contributed by atoms with E-state index in [0.29, 0.717) is 19.6 Å². The van der Waals surface area contributed by atoms with E-state index in [2.05, 4.69) is 13.8 Å². The maximum atomic E-state index is 9.79. The van der Waals surface area contributed by atoms with Gasteiger partial charge in [0.2, 0.25) is 0 Å². The molecule has 15 heavy (non-hydrogen) atoms. The molecule has 0 aliphatic heterocycles. The Balaban J connectivity index is 4.26. The Morgan fingerprint density at radius 1 is 0.933 bits per heavy atom. The fraction of sp³-hybridized carbons (Fsp3) is 1.00. The minimum Gasteiger partial charge on any atom is -0.390 e. The molecular weight excluding hydrogens is 192 g/mol. The Labute approximate surface area is 93.8 Å². The van der Waals surface area contributed by atoms with Gasteiger partial charge < -0.3 is 14.6 Å². The first-order valence-electron chi connectivity index (χ1n) is 5.83. The van der Waals surface area contributed by atoms with Crippen molar-refractivity contribution in [3.8, 4) is 0 Å². The normalized spacial score (nSPS) is 13.2. The van der Waals surface area contributed by atoms with Gasteiger partial charge in [-0.2, -0.15) is 0 Å². The van der Waals surface area contributed by atoms with Gasteiger partial charge in [-0.25, -0.2) is 0 Å². The average Bonchev–Trinajstić information content (AvgIpc) is 2.09. The van der Waals surface area contributed by atoms with E-state index in [4.69, 9.17) is 9.47 Å². The van der Waals surface area contributed by atoms with Crippen LogP contribution >= 0.6 is 0 Å². The van der Waals surface area contributed by atoms with Crippen molar-refractivity contribution in [2.75, 3.05) is 13.2 Å². The van der Waals surface area contributed by atoms with Gasteiger partial charge >= 0.3 is 0 Å². The van der Waals surface area contributed by atoms with Gasteiger partial charge in [-0.05, 0) is 33.6 Å². The number of ether oxygens (including phenoxy) is 2. The van der Waals surface area contributed by atoms with Crippen molar-refractivity contribution in [1.29, 1.82) is 0 Å². The van der Waals surface area contributed by atoms with Crippen molar-refractivity contribution in [1.82, 2.24) is 0 Å². The highest BCUT2D eigenvalue weighted by Gasteiger charge is 2.32. The third-order valence-corrected chi connectivity index (χ3v) is 1.98. The second kappa shape index (κ2) is 6.46. The van der Waals surface area contributed by atoms with Gasteiger partial charge in [-0.15, -0.1) is 0 Å². The number of aliphatic hydroxyl groups is 1. The highest BCUT2D eigenvalue weighted by atomic mass is 16.7. The Morgan fingerprint density at radius 2 is 1.33 bits per heavy atom. The van der Waals surface area contributed by atoms with Crippen molar-refractivity contribution in [2.24, 2.45) is 0 Å². The lowest BCUT2D eigenvalue weighted by Gasteiger charge is -2.34. The highest BCUT2D eigenvalue weighted by Crippen LogP contribution is 2.25. The van der Waals surface area contributed by atoms with E-state index < -0.39 is 11.4 Å². The minimum atomic E-state index is -0.768. The minimum absolute atomic E-state index is 0.486. The predicted molar refractivity (Wildman–Crippen MR) is 61.8 cm³/mol. The molecule has 0 aromatic carbocycles. The number of hydrogen-bond acceptors (Lipinski definition) is 3. The second-order valence-corrected chi connectivity index (χ2v) is 4.82. The quantitative estimate of drug-likeness (QED) is 0.637. The molecule has 0 unspecified atom stereocenters. The first-order chi connectivity index (χ1) is 6.83. The van der Waals surface area contributed by atoms with Crippen LogP contribution in [0.1, 0.15) is 53.9 Å². The van der Waals surface area contributed by atoms with Crippen LogP contribution in [0.5, 0.6) is 0 Å². The summed E-state index contributed by atoms with van der Waals surface area (Å²) in [6, 6.07) is 0. The third-order valence-electron chi connectivity index (χ3n) is 1.98. The fourth-order valence-corrected chi connectivity index (χ4v) is 1.57. The lowest BCUT2D eigenvalue weighted by atomic mass is 9.99. The lowest BCUT2D eigenvalue weighted by Crippen LogP contribution is -2.40. The van der Waals surface area contributed by atoms with Gasteiger partial charge in [-0.3, -0.25) is 0 Å². The molecular formula is C12H26O3. The maximum Gasteiger partial charge on any atom is 0.168 e. The van der Waals surface area contributed by atoms with Crippen molar-refractivity contribution in [3.05, 3.63) is 0 Å². The van der Waals surface area contributed by atoms with Gasteiger partial charge in [0.25, 0.3) is 0 Å². The zero-order valence-corrected chi connectivity index (χ0v) is 10.8.